The van der Waals surface area contributed by atoms with Crippen molar-refractivity contribution in [3.05, 3.63) is 63.9 Å². The minimum atomic E-state index is -0.263. The van der Waals surface area contributed by atoms with Gasteiger partial charge in [0.1, 0.15) is 11.6 Å². The molecule has 1 unspecified atom stereocenters. The van der Waals surface area contributed by atoms with Gasteiger partial charge in [-0.05, 0) is 58.1 Å². The topological polar surface area (TPSA) is 47.3 Å². The predicted molar refractivity (Wildman–Crippen MR) is 85.6 cm³/mol. The first kappa shape index (κ1) is 15.9. The summed E-state index contributed by atoms with van der Waals surface area (Å²) in [6, 6.07) is 12.9. The Morgan fingerprint density at radius 2 is 2.00 bits per heavy atom. The number of hydrogen-bond donors (Lipinski definition) is 2. The van der Waals surface area contributed by atoms with E-state index in [1.807, 2.05) is 24.3 Å². The summed E-state index contributed by atoms with van der Waals surface area (Å²) in [6.07, 6.45) is 1.43. The molecule has 0 aliphatic rings. The van der Waals surface area contributed by atoms with Gasteiger partial charge in [0.05, 0.1) is 11.6 Å². The minimum Gasteiger partial charge on any atom is -0.496 e. The van der Waals surface area contributed by atoms with Crippen LogP contribution in [0.15, 0.2) is 46.9 Å². The van der Waals surface area contributed by atoms with Gasteiger partial charge in [-0.3, -0.25) is 11.3 Å². The lowest BCUT2D eigenvalue weighted by Crippen LogP contribution is -2.38. The fraction of sp³-hybridized carbons (Fsp3) is 0.250. The van der Waals surface area contributed by atoms with E-state index in [4.69, 9.17) is 10.6 Å². The van der Waals surface area contributed by atoms with Gasteiger partial charge < -0.3 is 4.74 Å². The molecule has 3 N–H and O–H groups in total. The van der Waals surface area contributed by atoms with Crippen molar-refractivity contribution in [1.82, 2.24) is 5.43 Å². The van der Waals surface area contributed by atoms with E-state index in [0.717, 1.165) is 23.3 Å². The Hall–Kier alpha value is -1.43. The predicted octanol–water partition coefficient (Wildman–Crippen LogP) is 3.21. The van der Waals surface area contributed by atoms with Gasteiger partial charge in [0.2, 0.25) is 0 Å². The molecule has 0 fully saturated rings. The smallest absolute Gasteiger partial charge is 0.137 e. The summed E-state index contributed by atoms with van der Waals surface area (Å²) in [7, 11) is 1.65. The van der Waals surface area contributed by atoms with Gasteiger partial charge in [0.15, 0.2) is 0 Å². The number of hydrazine groups is 1. The monoisotopic (exact) mass is 352 g/mol. The van der Waals surface area contributed by atoms with Crippen LogP contribution in [-0.4, -0.2) is 13.2 Å². The van der Waals surface area contributed by atoms with Crippen molar-refractivity contribution in [2.24, 2.45) is 5.84 Å². The average molecular weight is 353 g/mol. The zero-order chi connectivity index (χ0) is 15.2. The van der Waals surface area contributed by atoms with Gasteiger partial charge in [0.25, 0.3) is 0 Å². The second-order valence-electron chi connectivity index (χ2n) is 4.83. The molecule has 3 nitrogen and oxygen atoms in total. The highest BCUT2D eigenvalue weighted by atomic mass is 79.9. The summed E-state index contributed by atoms with van der Waals surface area (Å²) in [5.74, 6) is 6.23. The number of nitrogens with two attached hydrogens (primary N) is 1. The van der Waals surface area contributed by atoms with E-state index in [1.54, 1.807) is 19.2 Å². The molecule has 112 valence electrons. The van der Waals surface area contributed by atoms with Crippen molar-refractivity contribution >= 4 is 15.9 Å². The van der Waals surface area contributed by atoms with Crippen LogP contribution < -0.4 is 16.0 Å². The highest BCUT2D eigenvalue weighted by Crippen LogP contribution is 2.21. The Bertz CT molecular complexity index is 607. The van der Waals surface area contributed by atoms with Gasteiger partial charge in [-0.1, -0.05) is 24.3 Å². The first-order valence-corrected chi connectivity index (χ1v) is 7.45. The molecule has 2 rings (SSSR count). The van der Waals surface area contributed by atoms with Gasteiger partial charge >= 0.3 is 0 Å². The second kappa shape index (κ2) is 7.54. The van der Waals surface area contributed by atoms with Crippen LogP contribution in [0.1, 0.15) is 11.1 Å². The largest absolute Gasteiger partial charge is 0.496 e. The molecule has 0 spiro atoms. The first-order chi connectivity index (χ1) is 10.1. The highest BCUT2D eigenvalue weighted by Gasteiger charge is 2.12. The third-order valence-electron chi connectivity index (χ3n) is 3.36. The van der Waals surface area contributed by atoms with Gasteiger partial charge in [-0.25, -0.2) is 4.39 Å². The Kier molecular flexibility index (Phi) is 5.73. The Labute approximate surface area is 132 Å². The molecular formula is C16H18BrFN2O. The van der Waals surface area contributed by atoms with E-state index in [2.05, 4.69) is 21.4 Å². The van der Waals surface area contributed by atoms with Crippen molar-refractivity contribution in [1.29, 1.82) is 0 Å². The van der Waals surface area contributed by atoms with Crippen LogP contribution in [0.25, 0.3) is 0 Å². The normalized spacial score (nSPS) is 12.2. The van der Waals surface area contributed by atoms with Gasteiger partial charge in [-0.15, -0.1) is 0 Å². The number of ether oxygens (including phenoxy) is 1. The van der Waals surface area contributed by atoms with Crippen LogP contribution >= 0.6 is 15.9 Å². The lowest BCUT2D eigenvalue weighted by molar-refractivity contribution is 0.404. The number of nitrogens with one attached hydrogen (secondary N) is 1. The van der Waals surface area contributed by atoms with Crippen molar-refractivity contribution in [3.63, 3.8) is 0 Å². The number of hydrogen-bond acceptors (Lipinski definition) is 3. The summed E-state index contributed by atoms with van der Waals surface area (Å²) in [4.78, 5) is 0. The molecule has 0 saturated carbocycles. The third kappa shape index (κ3) is 4.27. The molecule has 21 heavy (non-hydrogen) atoms. The van der Waals surface area contributed by atoms with Crippen LogP contribution in [0, 0.1) is 5.82 Å². The molecule has 0 radical (unpaired) electrons. The van der Waals surface area contributed by atoms with Crippen LogP contribution in [0.4, 0.5) is 4.39 Å². The lowest BCUT2D eigenvalue weighted by Gasteiger charge is -2.18. The molecule has 0 aliphatic carbocycles. The van der Waals surface area contributed by atoms with Crippen LogP contribution in [0.5, 0.6) is 5.75 Å². The molecule has 0 amide bonds. The molecule has 0 aliphatic heterocycles. The summed E-state index contributed by atoms with van der Waals surface area (Å²) in [6.45, 7) is 0. The summed E-state index contributed by atoms with van der Waals surface area (Å²) >= 11 is 3.20. The molecule has 2 aromatic carbocycles. The fourth-order valence-electron chi connectivity index (χ4n) is 2.28. The molecule has 0 aromatic heterocycles. The molecule has 5 heteroatoms. The fourth-order valence-corrected chi connectivity index (χ4v) is 2.70. The standard InChI is InChI=1S/C16H18BrFN2O/c1-21-16-5-3-2-4-12(16)10-13(20-19)8-11-6-7-15(18)14(17)9-11/h2-7,9,13,20H,8,10,19H2,1H3. The molecule has 2 aromatic rings. The summed E-state index contributed by atoms with van der Waals surface area (Å²) in [5.41, 5.74) is 4.92. The highest BCUT2D eigenvalue weighted by molar-refractivity contribution is 9.10. The number of methoxy groups -OCH3 is 1. The summed E-state index contributed by atoms with van der Waals surface area (Å²) < 4.78 is 19.1. The lowest BCUT2D eigenvalue weighted by atomic mass is 9.99. The zero-order valence-corrected chi connectivity index (χ0v) is 13.4. The number of rotatable bonds is 6. The van der Waals surface area contributed by atoms with E-state index in [1.165, 1.54) is 6.07 Å². The summed E-state index contributed by atoms with van der Waals surface area (Å²) in [5, 5.41) is 0. The maximum absolute atomic E-state index is 13.3. The molecule has 0 bridgehead atoms. The van der Waals surface area contributed by atoms with Gasteiger partial charge in [-0.2, -0.15) is 0 Å². The van der Waals surface area contributed by atoms with Crippen LogP contribution in [0.2, 0.25) is 0 Å². The van der Waals surface area contributed by atoms with E-state index in [-0.39, 0.29) is 11.9 Å². The second-order valence-corrected chi connectivity index (χ2v) is 5.69. The molecule has 0 saturated heterocycles. The molecule has 0 heterocycles. The minimum absolute atomic E-state index is 0.0404. The van der Waals surface area contributed by atoms with E-state index in [9.17, 15) is 4.39 Å². The van der Waals surface area contributed by atoms with E-state index in [0.29, 0.717) is 10.9 Å². The number of para-hydroxylation sites is 1. The molecular weight excluding hydrogens is 335 g/mol. The maximum Gasteiger partial charge on any atom is 0.137 e. The Balaban J connectivity index is 2.11. The van der Waals surface area contributed by atoms with Crippen molar-refractivity contribution in [2.75, 3.05) is 7.11 Å². The van der Waals surface area contributed by atoms with Crippen molar-refractivity contribution in [2.45, 2.75) is 18.9 Å². The molecule has 1 atom stereocenters. The van der Waals surface area contributed by atoms with E-state index >= 15 is 0 Å². The SMILES string of the molecule is COc1ccccc1CC(Cc1ccc(F)c(Br)c1)NN. The zero-order valence-electron chi connectivity index (χ0n) is 11.8. The quantitative estimate of drug-likeness (QED) is 0.619. The Morgan fingerprint density at radius 3 is 2.67 bits per heavy atom. The Morgan fingerprint density at radius 1 is 1.24 bits per heavy atom. The number of benzene rings is 2. The van der Waals surface area contributed by atoms with Crippen LogP contribution in [0.3, 0.4) is 0 Å². The first-order valence-electron chi connectivity index (χ1n) is 6.66. The maximum atomic E-state index is 13.3. The van der Waals surface area contributed by atoms with Crippen molar-refractivity contribution < 1.29 is 9.13 Å². The van der Waals surface area contributed by atoms with Gasteiger partial charge in [0, 0.05) is 6.04 Å². The average Bonchev–Trinajstić information content (AvgIpc) is 2.50. The van der Waals surface area contributed by atoms with E-state index < -0.39 is 0 Å². The van der Waals surface area contributed by atoms with Crippen molar-refractivity contribution in [3.8, 4) is 5.75 Å². The third-order valence-corrected chi connectivity index (χ3v) is 3.97. The number of halogens is 2. The van der Waals surface area contributed by atoms with Crippen LogP contribution in [-0.2, 0) is 12.8 Å².